The molecule has 0 aromatic rings. The first kappa shape index (κ1) is 30.5. The lowest BCUT2D eigenvalue weighted by Crippen LogP contribution is -2.58. The number of aliphatic imine (C=N–C) groups is 1. The number of nitrogens with two attached hydrogens (primary N) is 3. The van der Waals surface area contributed by atoms with Crippen LogP contribution in [0, 0.1) is 5.92 Å². The zero-order valence-corrected chi connectivity index (χ0v) is 19.2. The monoisotopic (exact) mass is 489 g/mol. The highest BCUT2D eigenvalue weighted by atomic mass is 16.4. The molecular weight excluding hydrogens is 454 g/mol. The van der Waals surface area contributed by atoms with Crippen LogP contribution in [0.5, 0.6) is 0 Å². The fourth-order valence-corrected chi connectivity index (χ4v) is 2.74. The second-order valence-corrected chi connectivity index (χ2v) is 7.99. The van der Waals surface area contributed by atoms with Crippen LogP contribution in [0.4, 0.5) is 0 Å². The van der Waals surface area contributed by atoms with Crippen molar-refractivity contribution in [2.24, 2.45) is 28.1 Å². The number of amides is 3. The minimum atomic E-state index is -1.65. The van der Waals surface area contributed by atoms with Crippen molar-refractivity contribution in [3.8, 4) is 0 Å². The minimum absolute atomic E-state index is 0.0746. The van der Waals surface area contributed by atoms with E-state index in [0.29, 0.717) is 6.42 Å². The molecule has 0 spiro atoms. The van der Waals surface area contributed by atoms with E-state index < -0.39 is 66.9 Å². The second-order valence-electron chi connectivity index (χ2n) is 7.99. The molecule has 0 fully saturated rings. The van der Waals surface area contributed by atoms with Gasteiger partial charge in [-0.3, -0.25) is 24.2 Å². The largest absolute Gasteiger partial charge is 0.481 e. The SMILES string of the molecule is CC(C)CC(NC(=O)C(CC(=O)O)NC(=O)C(CO)NC(=O)C(N)CCCN=C(N)N)C(=O)O. The van der Waals surface area contributed by atoms with Crippen LogP contribution in [-0.4, -0.2) is 88.3 Å². The number of carbonyl (C=O) groups is 5. The number of rotatable bonds is 16. The van der Waals surface area contributed by atoms with Gasteiger partial charge in [0.15, 0.2) is 5.96 Å². The summed E-state index contributed by atoms with van der Waals surface area (Å²) in [6.07, 6.45) is -0.253. The highest BCUT2D eigenvalue weighted by Crippen LogP contribution is 2.06. The van der Waals surface area contributed by atoms with Gasteiger partial charge in [0.2, 0.25) is 17.7 Å². The number of carboxylic acids is 2. The maximum absolute atomic E-state index is 12.5. The van der Waals surface area contributed by atoms with Crippen LogP contribution in [-0.2, 0) is 24.0 Å². The van der Waals surface area contributed by atoms with E-state index in [1.165, 1.54) is 0 Å². The normalized spacial score (nSPS) is 14.3. The lowest BCUT2D eigenvalue weighted by Gasteiger charge is -2.24. The number of hydrogen-bond acceptors (Lipinski definition) is 8. The first-order chi connectivity index (χ1) is 15.8. The Hall–Kier alpha value is -3.46. The Morgan fingerprint density at radius 3 is 1.88 bits per heavy atom. The van der Waals surface area contributed by atoms with Crippen molar-refractivity contribution in [1.82, 2.24) is 16.0 Å². The number of carboxylic acid groups (broad SMARTS) is 2. The Balaban J connectivity index is 5.16. The number of aliphatic carboxylic acids is 2. The highest BCUT2D eigenvalue weighted by Gasteiger charge is 2.31. The summed E-state index contributed by atoms with van der Waals surface area (Å²) in [5, 5.41) is 34.4. The lowest BCUT2D eigenvalue weighted by atomic mass is 10.0. The van der Waals surface area contributed by atoms with Crippen LogP contribution in [0.3, 0.4) is 0 Å². The molecule has 0 heterocycles. The molecule has 4 unspecified atom stereocenters. The molecule has 3 amide bonds. The molecule has 0 aliphatic rings. The first-order valence-electron chi connectivity index (χ1n) is 10.6. The number of carbonyl (C=O) groups excluding carboxylic acids is 3. The van der Waals surface area contributed by atoms with E-state index in [0.717, 1.165) is 0 Å². The topological polar surface area (TPSA) is 273 Å². The van der Waals surface area contributed by atoms with E-state index in [-0.39, 0.29) is 31.3 Å². The highest BCUT2D eigenvalue weighted by molar-refractivity contribution is 5.95. The maximum atomic E-state index is 12.5. The Morgan fingerprint density at radius 2 is 1.41 bits per heavy atom. The van der Waals surface area contributed by atoms with Gasteiger partial charge < -0.3 is 48.5 Å². The lowest BCUT2D eigenvalue weighted by molar-refractivity contribution is -0.144. The van der Waals surface area contributed by atoms with Gasteiger partial charge in [0.1, 0.15) is 18.1 Å². The van der Waals surface area contributed by atoms with Gasteiger partial charge in [-0.2, -0.15) is 0 Å². The molecule has 0 aromatic carbocycles. The first-order valence-corrected chi connectivity index (χ1v) is 10.6. The third kappa shape index (κ3) is 12.5. The van der Waals surface area contributed by atoms with Crippen molar-refractivity contribution >= 4 is 35.6 Å². The standard InChI is InChI=1S/C19H35N7O8/c1-9(2)6-12(18(33)34)25-16(31)11(7-14(28)29)24-17(32)13(8-27)26-15(30)10(20)4-3-5-23-19(21)22/h9-13,27H,3-8,20H2,1-2H3,(H,24,32)(H,25,31)(H,26,30)(H,28,29)(H,33,34)(H4,21,22,23). The van der Waals surface area contributed by atoms with Crippen LogP contribution in [0.25, 0.3) is 0 Å². The summed E-state index contributed by atoms with van der Waals surface area (Å²) in [5.74, 6) is -5.84. The van der Waals surface area contributed by atoms with Crippen molar-refractivity contribution in [3.05, 3.63) is 0 Å². The average Bonchev–Trinajstić information content (AvgIpc) is 2.72. The summed E-state index contributed by atoms with van der Waals surface area (Å²) < 4.78 is 0. The maximum Gasteiger partial charge on any atom is 0.326 e. The van der Waals surface area contributed by atoms with Crippen molar-refractivity contribution in [3.63, 3.8) is 0 Å². The van der Waals surface area contributed by atoms with Crippen LogP contribution < -0.4 is 33.2 Å². The molecule has 0 aromatic heterocycles. The van der Waals surface area contributed by atoms with E-state index in [4.69, 9.17) is 22.3 Å². The number of nitrogens with one attached hydrogen (secondary N) is 3. The molecule has 0 rings (SSSR count). The van der Waals surface area contributed by atoms with E-state index in [1.807, 2.05) is 0 Å². The fraction of sp³-hybridized carbons (Fsp3) is 0.684. The molecule has 0 aliphatic heterocycles. The van der Waals surface area contributed by atoms with Crippen LogP contribution in [0.2, 0.25) is 0 Å². The van der Waals surface area contributed by atoms with Crippen molar-refractivity contribution < 1.29 is 39.3 Å². The summed E-state index contributed by atoms with van der Waals surface area (Å²) in [6.45, 7) is 2.83. The van der Waals surface area contributed by atoms with Crippen LogP contribution in [0.1, 0.15) is 39.5 Å². The van der Waals surface area contributed by atoms with E-state index >= 15 is 0 Å². The van der Waals surface area contributed by atoms with Gasteiger partial charge in [-0.05, 0) is 25.2 Å². The van der Waals surface area contributed by atoms with Gasteiger partial charge in [-0.1, -0.05) is 13.8 Å². The molecule has 12 N–H and O–H groups in total. The Kier molecular flexibility index (Phi) is 13.8. The Bertz CT molecular complexity index is 755. The molecule has 0 aliphatic carbocycles. The predicted molar refractivity (Wildman–Crippen MR) is 120 cm³/mol. The van der Waals surface area contributed by atoms with Gasteiger partial charge in [0.05, 0.1) is 19.1 Å². The van der Waals surface area contributed by atoms with Crippen LogP contribution >= 0.6 is 0 Å². The third-order valence-corrected chi connectivity index (χ3v) is 4.45. The van der Waals surface area contributed by atoms with Gasteiger partial charge in [0.25, 0.3) is 0 Å². The van der Waals surface area contributed by atoms with Gasteiger partial charge >= 0.3 is 11.9 Å². The van der Waals surface area contributed by atoms with Gasteiger partial charge in [0, 0.05) is 6.54 Å². The zero-order chi connectivity index (χ0) is 26.4. The predicted octanol–water partition coefficient (Wildman–Crippen LogP) is -3.58. The molecule has 0 radical (unpaired) electrons. The molecule has 194 valence electrons. The summed E-state index contributed by atoms with van der Waals surface area (Å²) in [5.41, 5.74) is 16.1. The molecule has 15 nitrogen and oxygen atoms in total. The summed E-state index contributed by atoms with van der Waals surface area (Å²) in [4.78, 5) is 63.5. The number of aliphatic hydroxyl groups is 1. The van der Waals surface area contributed by atoms with E-state index in [1.54, 1.807) is 13.8 Å². The number of aliphatic hydroxyl groups excluding tert-OH is 1. The van der Waals surface area contributed by atoms with Crippen molar-refractivity contribution in [1.29, 1.82) is 0 Å². The number of hydrogen-bond donors (Lipinski definition) is 9. The summed E-state index contributed by atoms with van der Waals surface area (Å²) in [6, 6.07) is -5.54. The van der Waals surface area contributed by atoms with Gasteiger partial charge in [-0.15, -0.1) is 0 Å². The fourth-order valence-electron chi connectivity index (χ4n) is 2.74. The molecule has 0 saturated heterocycles. The molecule has 0 bridgehead atoms. The number of nitrogens with zero attached hydrogens (tertiary/aromatic N) is 1. The van der Waals surface area contributed by atoms with Crippen molar-refractivity contribution in [2.45, 2.75) is 63.7 Å². The Morgan fingerprint density at radius 1 is 0.882 bits per heavy atom. The number of guanidine groups is 1. The zero-order valence-electron chi connectivity index (χ0n) is 19.2. The third-order valence-electron chi connectivity index (χ3n) is 4.45. The second kappa shape index (κ2) is 15.4. The Labute approximate surface area is 196 Å². The molecule has 15 heteroatoms. The molecule has 4 atom stereocenters. The van der Waals surface area contributed by atoms with E-state index in [9.17, 15) is 34.2 Å². The average molecular weight is 490 g/mol. The quantitative estimate of drug-likeness (QED) is 0.0580. The van der Waals surface area contributed by atoms with Crippen molar-refractivity contribution in [2.75, 3.05) is 13.2 Å². The van der Waals surface area contributed by atoms with Gasteiger partial charge in [-0.25, -0.2) is 4.79 Å². The minimum Gasteiger partial charge on any atom is -0.481 e. The van der Waals surface area contributed by atoms with E-state index in [2.05, 4.69) is 20.9 Å². The summed E-state index contributed by atoms with van der Waals surface area (Å²) in [7, 11) is 0. The smallest absolute Gasteiger partial charge is 0.326 e. The molecular formula is C19H35N7O8. The summed E-state index contributed by atoms with van der Waals surface area (Å²) >= 11 is 0. The molecule has 0 saturated carbocycles. The van der Waals surface area contributed by atoms with Crippen LogP contribution in [0.15, 0.2) is 4.99 Å². The molecule has 34 heavy (non-hydrogen) atoms.